The van der Waals surface area contributed by atoms with Crippen LogP contribution >= 0.6 is 0 Å². The van der Waals surface area contributed by atoms with Gasteiger partial charge in [0.05, 0.1) is 0 Å². The first-order valence-corrected chi connectivity index (χ1v) is 4.64. The van der Waals surface area contributed by atoms with Gasteiger partial charge in [0.25, 0.3) is 0 Å². The van der Waals surface area contributed by atoms with Crippen molar-refractivity contribution in [1.29, 1.82) is 0 Å². The maximum absolute atomic E-state index is 5.88. The van der Waals surface area contributed by atoms with Crippen molar-refractivity contribution >= 4 is 0 Å². The molecule has 0 aromatic carbocycles. The molecule has 0 unspecified atom stereocenters. The molecule has 0 heterocycles. The third-order valence-corrected chi connectivity index (χ3v) is 2.01. The van der Waals surface area contributed by atoms with Gasteiger partial charge in [0.15, 0.2) is 0 Å². The van der Waals surface area contributed by atoms with Gasteiger partial charge in [-0.3, -0.25) is 0 Å². The van der Waals surface area contributed by atoms with E-state index in [2.05, 4.69) is 32.9 Å². The SMILES string of the molecule is CC(C)(C)CC1=CCCC=C1N. The number of nitrogens with two attached hydrogens (primary N) is 1. The van der Waals surface area contributed by atoms with Crippen molar-refractivity contribution in [2.45, 2.75) is 40.0 Å². The molecule has 0 atom stereocenters. The van der Waals surface area contributed by atoms with Crippen LogP contribution in [0.3, 0.4) is 0 Å². The highest BCUT2D eigenvalue weighted by atomic mass is 14.6. The van der Waals surface area contributed by atoms with Crippen LogP contribution in [-0.4, -0.2) is 0 Å². The van der Waals surface area contributed by atoms with Gasteiger partial charge in [-0.1, -0.05) is 32.9 Å². The van der Waals surface area contributed by atoms with Gasteiger partial charge in [0.2, 0.25) is 0 Å². The van der Waals surface area contributed by atoms with E-state index >= 15 is 0 Å². The second-order valence-electron chi connectivity index (χ2n) is 4.70. The fraction of sp³-hybridized carbons (Fsp3) is 0.636. The Labute approximate surface area is 75.3 Å². The van der Waals surface area contributed by atoms with E-state index < -0.39 is 0 Å². The van der Waals surface area contributed by atoms with Crippen molar-refractivity contribution < 1.29 is 0 Å². The first-order chi connectivity index (χ1) is 5.49. The zero-order chi connectivity index (χ0) is 9.19. The molecule has 0 saturated heterocycles. The summed E-state index contributed by atoms with van der Waals surface area (Å²) in [6, 6.07) is 0. The smallest absolute Gasteiger partial charge is 0.0303 e. The van der Waals surface area contributed by atoms with Crippen LogP contribution in [-0.2, 0) is 0 Å². The summed E-state index contributed by atoms with van der Waals surface area (Å²) in [5.41, 5.74) is 8.57. The number of allylic oxidation sites excluding steroid dienone is 3. The highest BCUT2D eigenvalue weighted by Gasteiger charge is 2.15. The minimum atomic E-state index is 0.349. The van der Waals surface area contributed by atoms with E-state index in [9.17, 15) is 0 Å². The Morgan fingerprint density at radius 2 is 1.83 bits per heavy atom. The zero-order valence-electron chi connectivity index (χ0n) is 8.35. The van der Waals surface area contributed by atoms with Crippen molar-refractivity contribution in [3.63, 3.8) is 0 Å². The Balaban J connectivity index is 2.64. The van der Waals surface area contributed by atoms with Crippen LogP contribution in [0.1, 0.15) is 40.0 Å². The highest BCUT2D eigenvalue weighted by molar-refractivity contribution is 5.31. The lowest BCUT2D eigenvalue weighted by Gasteiger charge is -2.22. The van der Waals surface area contributed by atoms with Gasteiger partial charge in [0.1, 0.15) is 0 Å². The van der Waals surface area contributed by atoms with Crippen molar-refractivity contribution in [3.05, 3.63) is 23.4 Å². The average Bonchev–Trinajstić information content (AvgIpc) is 1.91. The van der Waals surface area contributed by atoms with Gasteiger partial charge in [-0.25, -0.2) is 0 Å². The van der Waals surface area contributed by atoms with Gasteiger partial charge in [-0.05, 0) is 30.3 Å². The molecule has 1 rings (SSSR count). The predicted molar refractivity (Wildman–Crippen MR) is 53.7 cm³/mol. The molecule has 0 amide bonds. The summed E-state index contributed by atoms with van der Waals surface area (Å²) >= 11 is 0. The summed E-state index contributed by atoms with van der Waals surface area (Å²) in [6.45, 7) is 6.74. The van der Waals surface area contributed by atoms with Crippen LogP contribution in [0.15, 0.2) is 23.4 Å². The Bertz CT molecular complexity index is 216. The van der Waals surface area contributed by atoms with Gasteiger partial charge >= 0.3 is 0 Å². The van der Waals surface area contributed by atoms with E-state index in [1.54, 1.807) is 0 Å². The fourth-order valence-electron chi connectivity index (χ4n) is 1.49. The van der Waals surface area contributed by atoms with Crippen LogP contribution in [0.2, 0.25) is 0 Å². The van der Waals surface area contributed by atoms with Crippen LogP contribution < -0.4 is 5.73 Å². The van der Waals surface area contributed by atoms with Crippen LogP contribution in [0.25, 0.3) is 0 Å². The molecular weight excluding hydrogens is 146 g/mol. The van der Waals surface area contributed by atoms with Crippen LogP contribution in [0.5, 0.6) is 0 Å². The standard InChI is InChI=1S/C11H19N/c1-11(2,3)8-9-6-4-5-7-10(9)12/h6-7H,4-5,8,12H2,1-3H3. The Morgan fingerprint density at radius 3 is 2.33 bits per heavy atom. The van der Waals surface area contributed by atoms with Gasteiger partial charge in [-0.15, -0.1) is 0 Å². The second-order valence-corrected chi connectivity index (χ2v) is 4.70. The first-order valence-electron chi connectivity index (χ1n) is 4.64. The van der Waals surface area contributed by atoms with E-state index in [1.165, 1.54) is 5.57 Å². The minimum absolute atomic E-state index is 0.349. The average molecular weight is 165 g/mol. The van der Waals surface area contributed by atoms with E-state index in [0.29, 0.717) is 5.41 Å². The summed E-state index contributed by atoms with van der Waals surface area (Å²) in [5.74, 6) is 0. The fourth-order valence-corrected chi connectivity index (χ4v) is 1.49. The van der Waals surface area contributed by atoms with Crippen molar-refractivity contribution in [2.75, 3.05) is 0 Å². The number of hydrogen-bond acceptors (Lipinski definition) is 1. The molecule has 0 spiro atoms. The topological polar surface area (TPSA) is 26.0 Å². The summed E-state index contributed by atoms with van der Waals surface area (Å²) in [4.78, 5) is 0. The second kappa shape index (κ2) is 3.34. The zero-order valence-corrected chi connectivity index (χ0v) is 8.35. The van der Waals surface area contributed by atoms with Gasteiger partial charge in [0, 0.05) is 5.70 Å². The molecular formula is C11H19N. The molecule has 2 N–H and O–H groups in total. The molecule has 0 aromatic heterocycles. The van der Waals surface area contributed by atoms with Crippen LogP contribution in [0.4, 0.5) is 0 Å². The molecule has 0 fully saturated rings. The van der Waals surface area contributed by atoms with Crippen molar-refractivity contribution in [3.8, 4) is 0 Å². The van der Waals surface area contributed by atoms with Crippen LogP contribution in [0, 0.1) is 5.41 Å². The van der Waals surface area contributed by atoms with Crippen molar-refractivity contribution in [1.82, 2.24) is 0 Å². The lowest BCUT2D eigenvalue weighted by atomic mass is 9.85. The van der Waals surface area contributed by atoms with E-state index in [4.69, 9.17) is 5.73 Å². The van der Waals surface area contributed by atoms with E-state index in [1.807, 2.05) is 0 Å². The predicted octanol–water partition coefficient (Wildman–Crippen LogP) is 2.99. The molecule has 0 aromatic rings. The molecule has 1 aliphatic carbocycles. The normalized spacial score (nSPS) is 18.6. The van der Waals surface area contributed by atoms with Gasteiger partial charge in [-0.2, -0.15) is 0 Å². The molecule has 0 aliphatic heterocycles. The third-order valence-electron chi connectivity index (χ3n) is 2.01. The van der Waals surface area contributed by atoms with Gasteiger partial charge < -0.3 is 5.73 Å². The molecule has 0 radical (unpaired) electrons. The van der Waals surface area contributed by atoms with E-state index in [0.717, 1.165) is 25.0 Å². The van der Waals surface area contributed by atoms with E-state index in [-0.39, 0.29) is 0 Å². The number of rotatable bonds is 1. The summed E-state index contributed by atoms with van der Waals surface area (Å²) in [7, 11) is 0. The molecule has 1 heteroatoms. The Kier molecular flexibility index (Phi) is 2.61. The molecule has 1 nitrogen and oxygen atoms in total. The first kappa shape index (κ1) is 9.37. The quantitative estimate of drug-likeness (QED) is 0.635. The Hall–Kier alpha value is -0.720. The third kappa shape index (κ3) is 2.72. The van der Waals surface area contributed by atoms with Crippen molar-refractivity contribution in [2.24, 2.45) is 11.1 Å². The molecule has 12 heavy (non-hydrogen) atoms. The maximum atomic E-state index is 5.88. The lowest BCUT2D eigenvalue weighted by Crippen LogP contribution is -2.12. The minimum Gasteiger partial charge on any atom is -0.399 e. The molecule has 0 bridgehead atoms. The molecule has 0 saturated carbocycles. The highest BCUT2D eigenvalue weighted by Crippen LogP contribution is 2.28. The monoisotopic (exact) mass is 165 g/mol. The summed E-state index contributed by atoms with van der Waals surface area (Å²) in [6.07, 6.45) is 7.78. The molecule has 68 valence electrons. The lowest BCUT2D eigenvalue weighted by molar-refractivity contribution is 0.410. The summed E-state index contributed by atoms with van der Waals surface area (Å²) < 4.78 is 0. The molecule has 1 aliphatic rings. The Morgan fingerprint density at radius 1 is 1.25 bits per heavy atom. The maximum Gasteiger partial charge on any atom is 0.0303 e. The summed E-state index contributed by atoms with van der Waals surface area (Å²) in [5, 5.41) is 0. The number of hydrogen-bond donors (Lipinski definition) is 1. The largest absolute Gasteiger partial charge is 0.399 e.